The van der Waals surface area contributed by atoms with Gasteiger partial charge in [-0.05, 0) is 30.4 Å². The van der Waals surface area contributed by atoms with E-state index in [1.165, 1.54) is 20.2 Å². The summed E-state index contributed by atoms with van der Waals surface area (Å²) in [7, 11) is 2.70. The van der Waals surface area contributed by atoms with Crippen molar-refractivity contribution in [3.63, 3.8) is 0 Å². The molecule has 134 valence electrons. The van der Waals surface area contributed by atoms with Crippen LogP contribution in [0.1, 0.15) is 5.56 Å². The van der Waals surface area contributed by atoms with E-state index >= 15 is 0 Å². The molecule has 2 rings (SSSR count). The fourth-order valence-corrected chi connectivity index (χ4v) is 2.38. The van der Waals surface area contributed by atoms with E-state index in [1.807, 2.05) is 24.3 Å². The van der Waals surface area contributed by atoms with Crippen molar-refractivity contribution < 1.29 is 14.3 Å². The van der Waals surface area contributed by atoms with Crippen LogP contribution in [0.4, 0.5) is 10.5 Å². The highest BCUT2D eigenvalue weighted by Crippen LogP contribution is 2.33. The molecular formula is C17H15ClN4O3S. The number of thiocarbonyl (C=S) groups is 1. The number of ether oxygens (including phenoxy) is 2. The zero-order valence-electron chi connectivity index (χ0n) is 13.9. The number of carbonyl (C=O) groups excluding carboxylic acids is 1. The van der Waals surface area contributed by atoms with Crippen molar-refractivity contribution in [2.45, 2.75) is 0 Å². The zero-order valence-corrected chi connectivity index (χ0v) is 15.5. The number of halogens is 1. The van der Waals surface area contributed by atoms with Gasteiger partial charge in [0, 0.05) is 13.1 Å². The maximum absolute atomic E-state index is 11.4. The molecule has 0 atom stereocenters. The van der Waals surface area contributed by atoms with Crippen LogP contribution in [0.2, 0.25) is 5.02 Å². The number of benzene rings is 2. The predicted octanol–water partition coefficient (Wildman–Crippen LogP) is 3.90. The number of carbonyl (C=O) groups is 1. The summed E-state index contributed by atoms with van der Waals surface area (Å²) < 4.78 is 10.3. The normalized spacial score (nSPS) is 9.62. The number of methoxy groups -OCH3 is 1. The molecule has 9 heteroatoms. The van der Waals surface area contributed by atoms with Gasteiger partial charge in [0.05, 0.1) is 23.4 Å². The number of anilines is 1. The molecule has 2 aromatic rings. The van der Waals surface area contributed by atoms with E-state index in [0.717, 1.165) is 5.01 Å². The Morgan fingerprint density at radius 3 is 2.62 bits per heavy atom. The van der Waals surface area contributed by atoms with E-state index in [0.29, 0.717) is 17.2 Å². The molecule has 0 aliphatic heterocycles. The quantitative estimate of drug-likeness (QED) is 0.607. The highest BCUT2D eigenvalue weighted by Gasteiger charge is 2.14. The molecule has 0 heterocycles. The summed E-state index contributed by atoms with van der Waals surface area (Å²) in [4.78, 5) is 11.4. The van der Waals surface area contributed by atoms with Gasteiger partial charge in [-0.15, -0.1) is 0 Å². The van der Waals surface area contributed by atoms with Gasteiger partial charge in [0.1, 0.15) is 17.6 Å². The first kappa shape index (κ1) is 19.3. The Kier molecular flexibility index (Phi) is 6.60. The van der Waals surface area contributed by atoms with Crippen LogP contribution in [-0.2, 0) is 4.74 Å². The SMILES string of the molecule is COC(=O)N(C)NC(=S)Nc1cc(Oc2ccccc2)c(C#N)cc1Cl. The van der Waals surface area contributed by atoms with Gasteiger partial charge < -0.3 is 14.8 Å². The molecule has 2 aromatic carbocycles. The number of rotatable bonds is 3. The van der Waals surface area contributed by atoms with Gasteiger partial charge in [-0.2, -0.15) is 5.26 Å². The average Bonchev–Trinajstić information content (AvgIpc) is 2.64. The summed E-state index contributed by atoms with van der Waals surface area (Å²) in [5.74, 6) is 0.887. The second-order valence-electron chi connectivity index (χ2n) is 4.95. The smallest absolute Gasteiger partial charge is 0.428 e. The molecule has 0 radical (unpaired) electrons. The van der Waals surface area contributed by atoms with Crippen LogP contribution in [0.15, 0.2) is 42.5 Å². The number of para-hydroxylation sites is 1. The van der Waals surface area contributed by atoms with Crippen LogP contribution >= 0.6 is 23.8 Å². The van der Waals surface area contributed by atoms with Crippen LogP contribution in [-0.4, -0.2) is 30.4 Å². The molecule has 7 nitrogen and oxygen atoms in total. The minimum Gasteiger partial charge on any atom is -0.456 e. The molecule has 0 saturated heterocycles. The molecule has 0 bridgehead atoms. The number of hydrazine groups is 1. The number of hydrogen-bond donors (Lipinski definition) is 2. The van der Waals surface area contributed by atoms with Crippen LogP contribution in [0.5, 0.6) is 11.5 Å². The van der Waals surface area contributed by atoms with E-state index in [-0.39, 0.29) is 15.7 Å². The lowest BCUT2D eigenvalue weighted by molar-refractivity contribution is 0.125. The Hall–Kier alpha value is -3.02. The lowest BCUT2D eigenvalue weighted by Crippen LogP contribution is -2.45. The Bertz CT molecular complexity index is 855. The van der Waals surface area contributed by atoms with Crippen molar-refractivity contribution in [1.29, 1.82) is 5.26 Å². The topological polar surface area (TPSA) is 86.6 Å². The Morgan fingerprint density at radius 1 is 1.31 bits per heavy atom. The molecule has 0 fully saturated rings. The summed E-state index contributed by atoms with van der Waals surface area (Å²) >= 11 is 11.3. The van der Waals surface area contributed by atoms with Crippen molar-refractivity contribution in [3.8, 4) is 17.6 Å². The van der Waals surface area contributed by atoms with Gasteiger partial charge in [0.15, 0.2) is 5.11 Å². The maximum Gasteiger partial charge on any atom is 0.428 e. The summed E-state index contributed by atoms with van der Waals surface area (Å²) in [5.41, 5.74) is 3.30. The molecular weight excluding hydrogens is 376 g/mol. The van der Waals surface area contributed by atoms with E-state index < -0.39 is 6.09 Å². The number of nitrogens with one attached hydrogen (secondary N) is 2. The van der Waals surface area contributed by atoms with Gasteiger partial charge in [-0.25, -0.2) is 9.80 Å². The second kappa shape index (κ2) is 8.89. The average molecular weight is 391 g/mol. The lowest BCUT2D eigenvalue weighted by atomic mass is 10.2. The number of nitriles is 1. The fourth-order valence-electron chi connectivity index (χ4n) is 1.92. The van der Waals surface area contributed by atoms with Gasteiger partial charge in [0.2, 0.25) is 0 Å². The van der Waals surface area contributed by atoms with E-state index in [2.05, 4.69) is 15.5 Å². The minimum atomic E-state index is -0.617. The third-order valence-corrected chi connectivity index (χ3v) is 3.63. The van der Waals surface area contributed by atoms with Crippen molar-refractivity contribution in [3.05, 3.63) is 53.1 Å². The summed E-state index contributed by atoms with van der Waals surface area (Å²) in [6.45, 7) is 0. The van der Waals surface area contributed by atoms with Crippen LogP contribution in [0.25, 0.3) is 0 Å². The third kappa shape index (κ3) is 4.99. The number of amides is 1. The first-order valence-corrected chi connectivity index (χ1v) is 8.09. The van der Waals surface area contributed by atoms with Crippen LogP contribution in [0.3, 0.4) is 0 Å². The van der Waals surface area contributed by atoms with Crippen LogP contribution < -0.4 is 15.5 Å². The first-order chi connectivity index (χ1) is 12.4. The Morgan fingerprint density at radius 2 is 2.00 bits per heavy atom. The van der Waals surface area contributed by atoms with E-state index in [1.54, 1.807) is 18.2 Å². The van der Waals surface area contributed by atoms with Crippen molar-refractivity contribution >= 4 is 40.7 Å². The Balaban J connectivity index is 2.21. The Labute approximate surface area is 161 Å². The predicted molar refractivity (Wildman–Crippen MR) is 102 cm³/mol. The second-order valence-corrected chi connectivity index (χ2v) is 5.77. The summed E-state index contributed by atoms with van der Waals surface area (Å²) in [5, 5.41) is 13.6. The van der Waals surface area contributed by atoms with E-state index in [9.17, 15) is 10.1 Å². The summed E-state index contributed by atoms with van der Waals surface area (Å²) in [6.07, 6.45) is -0.617. The molecule has 0 saturated carbocycles. The van der Waals surface area contributed by atoms with Crippen molar-refractivity contribution in [2.75, 3.05) is 19.5 Å². The number of hydrogen-bond acceptors (Lipinski definition) is 5. The first-order valence-electron chi connectivity index (χ1n) is 7.30. The molecule has 0 spiro atoms. The summed E-state index contributed by atoms with van der Waals surface area (Å²) in [6, 6.07) is 14.1. The fraction of sp³-hybridized carbons (Fsp3) is 0.118. The standard InChI is InChI=1S/C17H15ClN4O3S/c1-22(17(23)24-2)21-16(26)20-14-9-15(11(10-19)8-13(14)18)25-12-6-4-3-5-7-12/h3-9H,1-2H3,(H2,20,21,26). The third-order valence-electron chi connectivity index (χ3n) is 3.13. The molecule has 0 aliphatic carbocycles. The molecule has 0 aromatic heterocycles. The molecule has 26 heavy (non-hydrogen) atoms. The maximum atomic E-state index is 11.4. The molecule has 0 aliphatic rings. The van der Waals surface area contributed by atoms with Gasteiger partial charge in [0.25, 0.3) is 0 Å². The van der Waals surface area contributed by atoms with Gasteiger partial charge in [-0.1, -0.05) is 29.8 Å². The van der Waals surface area contributed by atoms with Gasteiger partial charge >= 0.3 is 6.09 Å². The van der Waals surface area contributed by atoms with Crippen molar-refractivity contribution in [2.24, 2.45) is 0 Å². The molecule has 2 N–H and O–H groups in total. The monoisotopic (exact) mass is 390 g/mol. The van der Waals surface area contributed by atoms with Gasteiger partial charge in [-0.3, -0.25) is 5.43 Å². The van der Waals surface area contributed by atoms with E-state index in [4.69, 9.17) is 28.6 Å². The van der Waals surface area contributed by atoms with Crippen molar-refractivity contribution in [1.82, 2.24) is 10.4 Å². The lowest BCUT2D eigenvalue weighted by Gasteiger charge is -2.20. The highest BCUT2D eigenvalue weighted by molar-refractivity contribution is 7.80. The number of nitrogens with zero attached hydrogens (tertiary/aromatic N) is 2. The zero-order chi connectivity index (χ0) is 19.1. The molecule has 1 amide bonds. The van der Waals surface area contributed by atoms with Crippen LogP contribution in [0, 0.1) is 11.3 Å². The minimum absolute atomic E-state index is 0.107. The molecule has 0 unspecified atom stereocenters. The largest absolute Gasteiger partial charge is 0.456 e. The highest BCUT2D eigenvalue weighted by atomic mass is 35.5.